The number of carbonyl (C=O) groups excluding carboxylic acids is 1. The minimum absolute atomic E-state index is 0.0317. The molecule has 0 bridgehead atoms. The molecular weight excluding hydrogens is 357 g/mol. The van der Waals surface area contributed by atoms with E-state index in [1.165, 1.54) is 6.92 Å². The number of benzene rings is 1. The van der Waals surface area contributed by atoms with Gasteiger partial charge in [-0.25, -0.2) is 0 Å². The van der Waals surface area contributed by atoms with Crippen molar-refractivity contribution in [3.63, 3.8) is 0 Å². The van der Waals surface area contributed by atoms with Gasteiger partial charge in [0.2, 0.25) is 0 Å². The standard InChI is InChI=1S/C17H16ClF3N2O2/c1-10-14(15(22-25-10)11-6-2-3-7-12(11)18)16(24)23-9-5-4-8-13(23)17(19,20)21/h2-3,6-7,13H,4-5,8-9H2,1H3. The van der Waals surface area contributed by atoms with Crippen LogP contribution in [0, 0.1) is 6.92 Å². The Labute approximate surface area is 147 Å². The SMILES string of the molecule is Cc1onc(-c2ccccc2Cl)c1C(=O)N1CCCCC1C(F)(F)F. The van der Waals surface area contributed by atoms with Gasteiger partial charge in [0.05, 0.1) is 5.02 Å². The van der Waals surface area contributed by atoms with E-state index < -0.39 is 18.1 Å². The highest BCUT2D eigenvalue weighted by molar-refractivity contribution is 6.33. The molecule has 134 valence electrons. The summed E-state index contributed by atoms with van der Waals surface area (Å²) in [4.78, 5) is 13.8. The first kappa shape index (κ1) is 17.8. The monoisotopic (exact) mass is 372 g/mol. The van der Waals surface area contributed by atoms with Crippen LogP contribution in [0.1, 0.15) is 35.4 Å². The molecule has 1 saturated heterocycles. The van der Waals surface area contributed by atoms with E-state index in [1.54, 1.807) is 24.3 Å². The van der Waals surface area contributed by atoms with E-state index in [0.29, 0.717) is 23.4 Å². The maximum Gasteiger partial charge on any atom is 0.408 e. The molecule has 4 nitrogen and oxygen atoms in total. The highest BCUT2D eigenvalue weighted by Gasteiger charge is 2.47. The highest BCUT2D eigenvalue weighted by atomic mass is 35.5. The number of hydrogen-bond donors (Lipinski definition) is 0. The molecule has 1 unspecified atom stereocenters. The zero-order valence-corrected chi connectivity index (χ0v) is 14.2. The smallest absolute Gasteiger partial charge is 0.360 e. The first-order chi connectivity index (χ1) is 11.8. The van der Waals surface area contributed by atoms with Crippen LogP contribution >= 0.6 is 11.6 Å². The van der Waals surface area contributed by atoms with Crippen molar-refractivity contribution in [3.8, 4) is 11.3 Å². The second-order valence-corrected chi connectivity index (χ2v) is 6.40. The molecule has 2 heterocycles. The molecule has 0 aliphatic carbocycles. The lowest BCUT2D eigenvalue weighted by molar-refractivity contribution is -0.183. The predicted molar refractivity (Wildman–Crippen MR) is 86.4 cm³/mol. The topological polar surface area (TPSA) is 46.3 Å². The number of aryl methyl sites for hydroxylation is 1. The molecule has 8 heteroatoms. The Bertz CT molecular complexity index is 788. The zero-order chi connectivity index (χ0) is 18.2. The predicted octanol–water partition coefficient (Wildman–Crippen LogP) is 4.86. The summed E-state index contributed by atoms with van der Waals surface area (Å²) in [5.41, 5.74) is 0.647. The third-order valence-corrected chi connectivity index (χ3v) is 4.68. The van der Waals surface area contributed by atoms with Gasteiger partial charge in [0.15, 0.2) is 0 Å². The Morgan fingerprint density at radius 3 is 2.72 bits per heavy atom. The molecule has 1 aliphatic rings. The van der Waals surface area contributed by atoms with Crippen molar-refractivity contribution in [2.45, 2.75) is 38.4 Å². The number of likely N-dealkylation sites (tertiary alicyclic amines) is 1. The number of piperidine rings is 1. The van der Waals surface area contributed by atoms with E-state index in [-0.39, 0.29) is 30.0 Å². The Morgan fingerprint density at radius 2 is 2.04 bits per heavy atom. The number of halogens is 4. The molecule has 1 aromatic carbocycles. The summed E-state index contributed by atoms with van der Waals surface area (Å²) in [7, 11) is 0. The number of amides is 1. The van der Waals surface area contributed by atoms with Gasteiger partial charge in [0.25, 0.3) is 5.91 Å². The summed E-state index contributed by atoms with van der Waals surface area (Å²) in [5.74, 6) is -0.554. The lowest BCUT2D eigenvalue weighted by Gasteiger charge is -2.36. The summed E-state index contributed by atoms with van der Waals surface area (Å²) in [5, 5.41) is 4.21. The largest absolute Gasteiger partial charge is 0.408 e. The molecule has 0 radical (unpaired) electrons. The molecule has 1 fully saturated rings. The molecule has 3 rings (SSSR count). The Hall–Kier alpha value is -2.02. The third kappa shape index (κ3) is 3.38. The number of rotatable bonds is 2. The van der Waals surface area contributed by atoms with Crippen LogP contribution in [0.3, 0.4) is 0 Å². The second kappa shape index (κ2) is 6.71. The van der Waals surface area contributed by atoms with Crippen LogP contribution in [0.25, 0.3) is 11.3 Å². The quantitative estimate of drug-likeness (QED) is 0.756. The Balaban J connectivity index is 2.03. The molecule has 1 aliphatic heterocycles. The molecular formula is C17H16ClF3N2O2. The summed E-state index contributed by atoms with van der Waals surface area (Å²) in [6.07, 6.45) is -3.59. The fourth-order valence-corrected chi connectivity index (χ4v) is 3.34. The molecule has 0 spiro atoms. The van der Waals surface area contributed by atoms with Gasteiger partial charge in [-0.15, -0.1) is 0 Å². The fraction of sp³-hybridized carbons (Fsp3) is 0.412. The molecule has 1 atom stereocenters. The normalized spacial score (nSPS) is 18.4. The lowest BCUT2D eigenvalue weighted by Crippen LogP contribution is -2.51. The summed E-state index contributed by atoms with van der Waals surface area (Å²) < 4.78 is 45.1. The van der Waals surface area contributed by atoms with Crippen LogP contribution in [0.2, 0.25) is 5.02 Å². The first-order valence-electron chi connectivity index (χ1n) is 7.89. The highest BCUT2D eigenvalue weighted by Crippen LogP contribution is 2.36. The lowest BCUT2D eigenvalue weighted by atomic mass is 9.98. The van der Waals surface area contributed by atoms with Crippen LogP contribution in [0.4, 0.5) is 13.2 Å². The van der Waals surface area contributed by atoms with Gasteiger partial charge in [0, 0.05) is 12.1 Å². The van der Waals surface area contributed by atoms with Crippen LogP contribution in [-0.2, 0) is 0 Å². The van der Waals surface area contributed by atoms with Crippen molar-refractivity contribution >= 4 is 17.5 Å². The van der Waals surface area contributed by atoms with Gasteiger partial charge in [0.1, 0.15) is 23.1 Å². The van der Waals surface area contributed by atoms with Gasteiger partial charge < -0.3 is 9.42 Å². The number of alkyl halides is 3. The fourth-order valence-electron chi connectivity index (χ4n) is 3.12. The average molecular weight is 373 g/mol. The molecule has 0 N–H and O–H groups in total. The second-order valence-electron chi connectivity index (χ2n) is 5.99. The summed E-state index contributed by atoms with van der Waals surface area (Å²) in [6.45, 7) is 1.56. The average Bonchev–Trinajstić information content (AvgIpc) is 2.95. The van der Waals surface area contributed by atoms with E-state index in [4.69, 9.17) is 16.1 Å². The van der Waals surface area contributed by atoms with Crippen LogP contribution < -0.4 is 0 Å². The molecule has 1 aromatic heterocycles. The molecule has 1 amide bonds. The van der Waals surface area contributed by atoms with Gasteiger partial charge in [-0.3, -0.25) is 4.79 Å². The van der Waals surface area contributed by atoms with Crippen molar-refractivity contribution in [1.82, 2.24) is 10.1 Å². The maximum atomic E-state index is 13.3. The van der Waals surface area contributed by atoms with E-state index in [9.17, 15) is 18.0 Å². The van der Waals surface area contributed by atoms with Gasteiger partial charge in [-0.1, -0.05) is 35.0 Å². The maximum absolute atomic E-state index is 13.3. The molecule has 2 aromatic rings. The number of hydrogen-bond acceptors (Lipinski definition) is 3. The number of aromatic nitrogens is 1. The van der Waals surface area contributed by atoms with E-state index >= 15 is 0 Å². The third-order valence-electron chi connectivity index (χ3n) is 4.35. The van der Waals surface area contributed by atoms with Crippen molar-refractivity contribution in [1.29, 1.82) is 0 Å². The first-order valence-corrected chi connectivity index (χ1v) is 8.27. The van der Waals surface area contributed by atoms with E-state index in [1.807, 2.05) is 0 Å². The van der Waals surface area contributed by atoms with Crippen molar-refractivity contribution < 1.29 is 22.5 Å². The van der Waals surface area contributed by atoms with Gasteiger partial charge >= 0.3 is 6.18 Å². The Kier molecular flexibility index (Phi) is 4.77. The summed E-state index contributed by atoms with van der Waals surface area (Å²) in [6, 6.07) is 4.90. The van der Waals surface area contributed by atoms with Crippen LogP contribution in [0.5, 0.6) is 0 Å². The van der Waals surface area contributed by atoms with E-state index in [0.717, 1.165) is 4.90 Å². The molecule has 0 saturated carbocycles. The zero-order valence-electron chi connectivity index (χ0n) is 13.4. The Morgan fingerprint density at radius 1 is 1.32 bits per heavy atom. The van der Waals surface area contributed by atoms with Crippen molar-refractivity contribution in [2.75, 3.05) is 6.54 Å². The van der Waals surface area contributed by atoms with Crippen LogP contribution in [0.15, 0.2) is 28.8 Å². The minimum Gasteiger partial charge on any atom is -0.360 e. The van der Waals surface area contributed by atoms with Crippen molar-refractivity contribution in [3.05, 3.63) is 40.6 Å². The molecule has 25 heavy (non-hydrogen) atoms. The van der Waals surface area contributed by atoms with Gasteiger partial charge in [-0.2, -0.15) is 13.2 Å². The van der Waals surface area contributed by atoms with Crippen molar-refractivity contribution in [2.24, 2.45) is 0 Å². The number of nitrogens with zero attached hydrogens (tertiary/aromatic N) is 2. The number of carbonyl (C=O) groups is 1. The van der Waals surface area contributed by atoms with E-state index in [2.05, 4.69) is 5.16 Å². The summed E-state index contributed by atoms with van der Waals surface area (Å²) >= 11 is 6.15. The van der Waals surface area contributed by atoms with Gasteiger partial charge in [-0.05, 0) is 32.3 Å². The van der Waals surface area contributed by atoms with Crippen LogP contribution in [-0.4, -0.2) is 34.7 Å². The minimum atomic E-state index is -4.47.